The molecule has 0 radical (unpaired) electrons. The summed E-state index contributed by atoms with van der Waals surface area (Å²) in [7, 11) is 0. The monoisotopic (exact) mass is 367 g/mol. The Bertz CT molecular complexity index is 751. The van der Waals surface area contributed by atoms with E-state index in [1.807, 2.05) is 17.0 Å². The molecule has 1 aromatic heterocycles. The zero-order valence-corrected chi connectivity index (χ0v) is 16.1. The number of hydrogen-bond donors (Lipinski definition) is 0. The number of benzene rings is 1. The van der Waals surface area contributed by atoms with Crippen LogP contribution in [0.15, 0.2) is 47.1 Å². The van der Waals surface area contributed by atoms with Gasteiger partial charge in [0.1, 0.15) is 5.76 Å². The van der Waals surface area contributed by atoms with Gasteiger partial charge >= 0.3 is 0 Å². The van der Waals surface area contributed by atoms with Crippen molar-refractivity contribution < 1.29 is 9.21 Å². The normalized spacial score (nSPS) is 21.0. The molecule has 2 fully saturated rings. The molecule has 0 N–H and O–H groups in total. The minimum absolute atomic E-state index is 0.130. The molecular formula is C22H29N3O2. The highest BCUT2D eigenvalue weighted by Crippen LogP contribution is 2.32. The van der Waals surface area contributed by atoms with Crippen LogP contribution in [0.5, 0.6) is 0 Å². The van der Waals surface area contributed by atoms with Gasteiger partial charge in [-0.15, -0.1) is 0 Å². The van der Waals surface area contributed by atoms with Crippen LogP contribution in [0.25, 0.3) is 0 Å². The first-order valence-corrected chi connectivity index (χ1v) is 10.1. The summed E-state index contributed by atoms with van der Waals surface area (Å²) in [5.74, 6) is 1.18. The number of aryl methyl sites for hydroxylation is 1. The molecule has 0 saturated carbocycles. The summed E-state index contributed by atoms with van der Waals surface area (Å²) in [4.78, 5) is 19.6. The quantitative estimate of drug-likeness (QED) is 0.811. The van der Waals surface area contributed by atoms with Crippen molar-refractivity contribution in [3.63, 3.8) is 0 Å². The van der Waals surface area contributed by atoms with Gasteiger partial charge in [0.15, 0.2) is 0 Å². The topological polar surface area (TPSA) is 39.9 Å². The van der Waals surface area contributed by atoms with Crippen LogP contribution in [-0.2, 0) is 4.79 Å². The summed E-state index contributed by atoms with van der Waals surface area (Å²) in [5, 5.41) is 0. The van der Waals surface area contributed by atoms with Gasteiger partial charge in [0.05, 0.1) is 12.3 Å². The third-order valence-corrected chi connectivity index (χ3v) is 5.83. The molecule has 0 aliphatic carbocycles. The van der Waals surface area contributed by atoms with Crippen LogP contribution < -0.4 is 4.90 Å². The van der Waals surface area contributed by atoms with E-state index in [2.05, 4.69) is 41.0 Å². The molecule has 2 saturated heterocycles. The molecule has 2 aliphatic heterocycles. The Morgan fingerprint density at radius 1 is 1.11 bits per heavy atom. The second-order valence-corrected chi connectivity index (χ2v) is 7.68. The number of amides is 1. The summed E-state index contributed by atoms with van der Waals surface area (Å²) >= 11 is 0. The average molecular weight is 367 g/mol. The van der Waals surface area contributed by atoms with Gasteiger partial charge in [0, 0.05) is 51.4 Å². The number of carbonyl (C=O) groups is 1. The van der Waals surface area contributed by atoms with Crippen molar-refractivity contribution in [3.05, 3.63) is 54.0 Å². The van der Waals surface area contributed by atoms with E-state index >= 15 is 0 Å². The molecule has 5 nitrogen and oxygen atoms in total. The van der Waals surface area contributed by atoms with E-state index in [9.17, 15) is 4.79 Å². The van der Waals surface area contributed by atoms with Gasteiger partial charge in [-0.05, 0) is 49.6 Å². The molecule has 2 aliphatic rings. The van der Waals surface area contributed by atoms with Gasteiger partial charge in [-0.25, -0.2) is 0 Å². The molecule has 0 unspecified atom stereocenters. The van der Waals surface area contributed by atoms with E-state index in [0.717, 1.165) is 57.9 Å². The number of nitrogens with zero attached hydrogens (tertiary/aromatic N) is 3. The molecule has 1 amide bonds. The summed E-state index contributed by atoms with van der Waals surface area (Å²) in [6.07, 6.45) is 4.37. The highest BCUT2D eigenvalue weighted by Gasteiger charge is 2.31. The average Bonchev–Trinajstić information content (AvgIpc) is 3.37. The highest BCUT2D eigenvalue weighted by atomic mass is 16.3. The molecule has 144 valence electrons. The SMILES string of the molecule is Cc1cccc(N2CCN(CCC(=O)N3CCC[C@@H]3c3ccco3)CC2)c1. The Morgan fingerprint density at radius 3 is 2.70 bits per heavy atom. The third kappa shape index (κ3) is 4.19. The predicted octanol–water partition coefficient (Wildman–Crippen LogP) is 3.46. The molecule has 0 spiro atoms. The molecule has 4 rings (SSSR count). The van der Waals surface area contributed by atoms with Crippen LogP contribution in [0.3, 0.4) is 0 Å². The molecule has 27 heavy (non-hydrogen) atoms. The fourth-order valence-electron chi connectivity index (χ4n) is 4.29. The summed E-state index contributed by atoms with van der Waals surface area (Å²) < 4.78 is 5.54. The zero-order chi connectivity index (χ0) is 18.6. The molecule has 2 aromatic rings. The maximum Gasteiger partial charge on any atom is 0.224 e. The fourth-order valence-corrected chi connectivity index (χ4v) is 4.29. The number of furan rings is 1. The Kier molecular flexibility index (Phi) is 5.48. The van der Waals surface area contributed by atoms with Gasteiger partial charge in [0.2, 0.25) is 5.91 Å². The first-order valence-electron chi connectivity index (χ1n) is 10.1. The fraction of sp³-hybridized carbons (Fsp3) is 0.500. The number of anilines is 1. The van der Waals surface area contributed by atoms with Crippen molar-refractivity contribution in [2.75, 3.05) is 44.2 Å². The molecule has 0 bridgehead atoms. The lowest BCUT2D eigenvalue weighted by atomic mass is 10.1. The van der Waals surface area contributed by atoms with Gasteiger partial charge in [-0.3, -0.25) is 9.69 Å². The van der Waals surface area contributed by atoms with Crippen LogP contribution in [0, 0.1) is 6.92 Å². The lowest BCUT2D eigenvalue weighted by Crippen LogP contribution is -2.47. The number of piperazine rings is 1. The van der Waals surface area contributed by atoms with Gasteiger partial charge < -0.3 is 14.2 Å². The molecule has 1 aromatic carbocycles. The first-order chi connectivity index (χ1) is 13.2. The van der Waals surface area contributed by atoms with E-state index < -0.39 is 0 Å². The Balaban J connectivity index is 1.26. The van der Waals surface area contributed by atoms with Crippen molar-refractivity contribution >= 4 is 11.6 Å². The number of likely N-dealkylation sites (tertiary alicyclic amines) is 1. The molecule has 3 heterocycles. The highest BCUT2D eigenvalue weighted by molar-refractivity contribution is 5.77. The van der Waals surface area contributed by atoms with Crippen LogP contribution in [0.4, 0.5) is 5.69 Å². The van der Waals surface area contributed by atoms with Gasteiger partial charge in [-0.2, -0.15) is 0 Å². The second-order valence-electron chi connectivity index (χ2n) is 7.68. The Labute approximate surface area is 161 Å². The van der Waals surface area contributed by atoms with Crippen LogP contribution in [0.1, 0.15) is 36.6 Å². The number of carbonyl (C=O) groups excluding carboxylic acids is 1. The molecule has 5 heteroatoms. The van der Waals surface area contributed by atoms with Gasteiger partial charge in [-0.1, -0.05) is 12.1 Å². The minimum Gasteiger partial charge on any atom is -0.467 e. The summed E-state index contributed by atoms with van der Waals surface area (Å²) in [6, 6.07) is 12.7. The van der Waals surface area contributed by atoms with Crippen LogP contribution in [0.2, 0.25) is 0 Å². The van der Waals surface area contributed by atoms with E-state index in [0.29, 0.717) is 6.42 Å². The predicted molar refractivity (Wildman–Crippen MR) is 107 cm³/mol. The van der Waals surface area contributed by atoms with Crippen molar-refractivity contribution in [1.82, 2.24) is 9.80 Å². The lowest BCUT2D eigenvalue weighted by Gasteiger charge is -2.36. The van der Waals surface area contributed by atoms with Crippen LogP contribution in [-0.4, -0.2) is 55.0 Å². The van der Waals surface area contributed by atoms with E-state index in [4.69, 9.17) is 4.42 Å². The number of hydrogen-bond acceptors (Lipinski definition) is 4. The molecule has 1 atom stereocenters. The minimum atomic E-state index is 0.130. The van der Waals surface area contributed by atoms with Crippen molar-refractivity contribution in [2.45, 2.75) is 32.2 Å². The van der Waals surface area contributed by atoms with E-state index in [1.165, 1.54) is 11.3 Å². The maximum atomic E-state index is 12.8. The summed E-state index contributed by atoms with van der Waals surface area (Å²) in [5.41, 5.74) is 2.61. The first kappa shape index (κ1) is 18.1. The van der Waals surface area contributed by atoms with Gasteiger partial charge in [0.25, 0.3) is 0 Å². The van der Waals surface area contributed by atoms with Crippen molar-refractivity contribution in [1.29, 1.82) is 0 Å². The maximum absolute atomic E-state index is 12.8. The largest absolute Gasteiger partial charge is 0.467 e. The van der Waals surface area contributed by atoms with Crippen molar-refractivity contribution in [3.8, 4) is 0 Å². The zero-order valence-electron chi connectivity index (χ0n) is 16.1. The standard InChI is InChI=1S/C22H29N3O2/c1-18-5-2-6-19(17-18)24-14-12-23(13-15-24)11-9-22(26)25-10-3-7-20(25)21-8-4-16-27-21/h2,4-6,8,16-17,20H,3,7,9-15H2,1H3/t20-/m1/s1. The second kappa shape index (κ2) is 8.17. The van der Waals surface area contributed by atoms with Crippen LogP contribution >= 0.6 is 0 Å². The Hall–Kier alpha value is -2.27. The lowest BCUT2D eigenvalue weighted by molar-refractivity contribution is -0.132. The molecular weight excluding hydrogens is 338 g/mol. The smallest absolute Gasteiger partial charge is 0.224 e. The van der Waals surface area contributed by atoms with E-state index in [1.54, 1.807) is 6.26 Å². The van der Waals surface area contributed by atoms with Crippen molar-refractivity contribution in [2.24, 2.45) is 0 Å². The summed E-state index contributed by atoms with van der Waals surface area (Å²) in [6.45, 7) is 7.92. The third-order valence-electron chi connectivity index (χ3n) is 5.83. The Morgan fingerprint density at radius 2 is 1.96 bits per heavy atom. The number of rotatable bonds is 5. The van der Waals surface area contributed by atoms with E-state index in [-0.39, 0.29) is 11.9 Å².